The largest absolute Gasteiger partial charge is 0.491 e. The summed E-state index contributed by atoms with van der Waals surface area (Å²) in [4.78, 5) is 0. The van der Waals surface area contributed by atoms with Gasteiger partial charge in [0.15, 0.2) is 0 Å². The van der Waals surface area contributed by atoms with Crippen LogP contribution in [0.1, 0.15) is 0 Å². The Morgan fingerprint density at radius 3 is 1.96 bits per heavy atom. The van der Waals surface area contributed by atoms with Crippen molar-refractivity contribution in [1.82, 2.24) is 0 Å². The maximum atomic E-state index is 12.8. The molecule has 1 N–H and O–H groups in total. The van der Waals surface area contributed by atoms with Crippen molar-refractivity contribution >= 4 is 15.8 Å². The Kier molecular flexibility index (Phi) is 4.63. The summed E-state index contributed by atoms with van der Waals surface area (Å²) in [6, 6.07) is 4.26. The van der Waals surface area contributed by atoms with Gasteiger partial charge in [0.05, 0.1) is 18.9 Å². The first-order valence-electron chi connectivity index (χ1n) is 7.29. The van der Waals surface area contributed by atoms with Crippen LogP contribution in [0.4, 0.5) is 18.9 Å². The van der Waals surface area contributed by atoms with Gasteiger partial charge in [-0.3, -0.25) is 4.21 Å². The Morgan fingerprint density at radius 2 is 1.58 bits per heavy atom. The molecule has 3 rings (SSSR count). The molecule has 2 fully saturated rings. The van der Waals surface area contributed by atoms with Gasteiger partial charge >= 0.3 is 5.51 Å². The summed E-state index contributed by atoms with van der Waals surface area (Å²) < 4.78 is 73.4. The van der Waals surface area contributed by atoms with Crippen LogP contribution in [0.5, 0.6) is 11.5 Å². The molecule has 136 valence electrons. The second kappa shape index (κ2) is 6.41. The lowest BCUT2D eigenvalue weighted by Crippen LogP contribution is -2.36. The quantitative estimate of drug-likeness (QED) is 0.539. The molecule has 2 heterocycles. The zero-order valence-corrected chi connectivity index (χ0v) is 13.7. The normalized spacial score (nSPS) is 23.5. The topological polar surface area (TPSA) is 72.6 Å². The van der Waals surface area contributed by atoms with Crippen LogP contribution in [-0.2, 0) is 19.6 Å². The minimum Gasteiger partial charge on any atom is -0.491 e. The van der Waals surface area contributed by atoms with Crippen LogP contribution < -0.4 is 14.2 Å². The van der Waals surface area contributed by atoms with E-state index in [1.165, 1.54) is 12.1 Å². The molecule has 0 amide bonds. The summed E-state index contributed by atoms with van der Waals surface area (Å²) in [6.07, 6.45) is 0.633. The van der Waals surface area contributed by atoms with Crippen LogP contribution in [0.25, 0.3) is 0 Å². The van der Waals surface area contributed by atoms with E-state index in [2.05, 4.69) is 4.72 Å². The Labute approximate surface area is 137 Å². The van der Waals surface area contributed by atoms with E-state index in [9.17, 15) is 17.4 Å². The molecule has 0 aromatic heterocycles. The van der Waals surface area contributed by atoms with Crippen LogP contribution >= 0.6 is 0 Å². The molecule has 0 radical (unpaired) electrons. The second-order valence-electron chi connectivity index (χ2n) is 5.73. The smallest absolute Gasteiger partial charge is 0.464 e. The fourth-order valence-corrected chi connectivity index (χ4v) is 2.57. The van der Waals surface area contributed by atoms with Crippen molar-refractivity contribution in [2.24, 2.45) is 0 Å². The van der Waals surface area contributed by atoms with Crippen LogP contribution in [0, 0.1) is 0 Å². The molecule has 1 aromatic rings. The lowest BCUT2D eigenvalue weighted by Gasteiger charge is -2.25. The van der Waals surface area contributed by atoms with Gasteiger partial charge in [-0.1, -0.05) is 0 Å². The third-order valence-corrected chi connectivity index (χ3v) is 5.04. The third-order valence-electron chi connectivity index (χ3n) is 3.38. The van der Waals surface area contributed by atoms with Crippen LogP contribution in [-0.4, -0.2) is 54.6 Å². The number of thiol groups is 1. The van der Waals surface area contributed by atoms with E-state index in [1.807, 2.05) is 0 Å². The van der Waals surface area contributed by atoms with E-state index in [0.29, 0.717) is 31.0 Å². The van der Waals surface area contributed by atoms with E-state index < -0.39 is 15.6 Å². The van der Waals surface area contributed by atoms with E-state index >= 15 is 0 Å². The molecule has 24 heavy (non-hydrogen) atoms. The summed E-state index contributed by atoms with van der Waals surface area (Å²) in [6.45, 7) is 1.77. The van der Waals surface area contributed by atoms with Gasteiger partial charge in [-0.2, -0.15) is 13.2 Å². The highest BCUT2D eigenvalue weighted by atomic mass is 32.3. The summed E-state index contributed by atoms with van der Waals surface area (Å²) in [7, 11) is -4.60. The lowest BCUT2D eigenvalue weighted by atomic mass is 10.3. The van der Waals surface area contributed by atoms with Gasteiger partial charge in [-0.25, -0.2) is 0 Å². The number of benzene rings is 1. The molecule has 0 saturated carbocycles. The Balaban J connectivity index is 1.75. The molecular weight excluding hydrogens is 351 g/mol. The molecule has 2 atom stereocenters. The zero-order chi connectivity index (χ0) is 17.4. The Morgan fingerprint density at radius 1 is 1.12 bits per heavy atom. The molecule has 0 spiro atoms. The number of hydrogen-bond donors (Lipinski definition) is 2. The monoisotopic (exact) mass is 369 g/mol. The summed E-state index contributed by atoms with van der Waals surface area (Å²) >= 11 is 0. The van der Waals surface area contributed by atoms with Gasteiger partial charge < -0.3 is 23.7 Å². The molecule has 0 aliphatic carbocycles. The first-order chi connectivity index (χ1) is 11.2. The number of alkyl halides is 3. The molecular formula is C14H18F3NO5S. The number of ether oxygens (including phenoxy) is 4. The van der Waals surface area contributed by atoms with E-state index in [1.54, 1.807) is 6.07 Å². The van der Waals surface area contributed by atoms with Crippen molar-refractivity contribution in [1.29, 1.82) is 0 Å². The number of halogens is 3. The third kappa shape index (κ3) is 4.74. The molecule has 2 aliphatic heterocycles. The second-order valence-corrected chi connectivity index (χ2v) is 8.31. The fourth-order valence-electron chi connectivity index (χ4n) is 1.82. The molecule has 10 heteroatoms. The molecule has 2 aliphatic rings. The highest BCUT2D eigenvalue weighted by molar-refractivity contribution is 8.04. The van der Waals surface area contributed by atoms with Crippen molar-refractivity contribution < 1.29 is 36.3 Å². The van der Waals surface area contributed by atoms with Gasteiger partial charge in [-0.15, -0.1) is 0 Å². The van der Waals surface area contributed by atoms with Crippen LogP contribution in [0.3, 0.4) is 0 Å². The number of nitrogens with one attached hydrogen (secondary N) is 1. The minimum absolute atomic E-state index is 0.00158. The fraction of sp³-hybridized carbons (Fsp3) is 0.571. The van der Waals surface area contributed by atoms with Gasteiger partial charge in [-0.05, 0) is 0 Å². The first-order valence-corrected chi connectivity index (χ1v) is 9.45. The Hall–Kier alpha value is -1.52. The average Bonchev–Trinajstić information content (AvgIpc) is 3.35. The van der Waals surface area contributed by atoms with E-state index in [0.717, 1.165) is 0 Å². The number of hydrogen-bond acceptors (Lipinski definition) is 5. The van der Waals surface area contributed by atoms with Crippen molar-refractivity contribution in [2.75, 3.05) is 37.4 Å². The van der Waals surface area contributed by atoms with Crippen LogP contribution in [0.15, 0.2) is 18.2 Å². The molecule has 6 nitrogen and oxygen atoms in total. The number of anilines is 1. The summed E-state index contributed by atoms with van der Waals surface area (Å²) in [5, 5.41) is 0. The standard InChI is InChI=1S/C14H18F3NO5S/c1-24(19,14(15,16)17)18-9-2-10(20-5-12-7-22-12)4-11(3-9)21-6-13-8-23-13/h2-4,12-13,24H,5-8H2,1H3,(H,18,19). The SMILES string of the molecule is C[SH](=O)(Nc1cc(OCC2CO2)cc(OCC2CO2)c1)C(F)(F)F. The van der Waals surface area contributed by atoms with Gasteiger partial charge in [0, 0.05) is 34.6 Å². The Bertz CT molecular complexity index is 612. The van der Waals surface area contributed by atoms with Gasteiger partial charge in [0.25, 0.3) is 0 Å². The average molecular weight is 369 g/mol. The molecule has 1 aromatic carbocycles. The van der Waals surface area contributed by atoms with Crippen molar-refractivity contribution in [2.45, 2.75) is 17.7 Å². The first kappa shape index (κ1) is 17.3. The highest BCUT2D eigenvalue weighted by Crippen LogP contribution is 2.33. The lowest BCUT2D eigenvalue weighted by molar-refractivity contribution is -0.0407. The number of epoxide rings is 2. The summed E-state index contributed by atoms with van der Waals surface area (Å²) in [5.74, 6) is 0.619. The molecule has 2 saturated heterocycles. The predicted octanol–water partition coefficient (Wildman–Crippen LogP) is 1.73. The van der Waals surface area contributed by atoms with Crippen molar-refractivity contribution in [3.63, 3.8) is 0 Å². The summed E-state index contributed by atoms with van der Waals surface area (Å²) in [5.41, 5.74) is -4.83. The minimum atomic E-state index is -4.84. The van der Waals surface area contributed by atoms with Crippen molar-refractivity contribution in [3.8, 4) is 11.5 Å². The van der Waals surface area contributed by atoms with Gasteiger partial charge in [0.1, 0.15) is 36.9 Å². The molecule has 0 bridgehead atoms. The maximum Gasteiger partial charge on any atom is 0.464 e. The maximum absolute atomic E-state index is 12.8. The van der Waals surface area contributed by atoms with E-state index in [-0.39, 0.29) is 31.1 Å². The van der Waals surface area contributed by atoms with Gasteiger partial charge in [0.2, 0.25) is 0 Å². The van der Waals surface area contributed by atoms with Crippen LogP contribution in [0.2, 0.25) is 0 Å². The zero-order valence-electron chi connectivity index (χ0n) is 12.8. The van der Waals surface area contributed by atoms with Crippen molar-refractivity contribution in [3.05, 3.63) is 18.2 Å². The molecule has 2 unspecified atom stereocenters. The predicted molar refractivity (Wildman–Crippen MR) is 82.1 cm³/mol. The van der Waals surface area contributed by atoms with E-state index in [4.69, 9.17) is 18.9 Å². The number of rotatable bonds is 8. The highest BCUT2D eigenvalue weighted by Gasteiger charge is 2.41.